The molecule has 37 heavy (non-hydrogen) atoms. The Balaban J connectivity index is 1.62. The Kier molecular flexibility index (Phi) is 9.37. The van der Waals surface area contributed by atoms with Gasteiger partial charge in [0.1, 0.15) is 4.88 Å². The molecule has 7 heteroatoms. The van der Waals surface area contributed by atoms with E-state index >= 15 is 0 Å². The van der Waals surface area contributed by atoms with Gasteiger partial charge in [0.2, 0.25) is 5.91 Å². The summed E-state index contributed by atoms with van der Waals surface area (Å²) < 4.78 is 16.9. The third-order valence-corrected chi connectivity index (χ3v) is 8.81. The molecule has 0 spiro atoms. The van der Waals surface area contributed by atoms with Crippen molar-refractivity contribution in [2.75, 3.05) is 25.2 Å². The molecular weight excluding hydrogens is 486 g/mol. The number of thiophene rings is 1. The maximum atomic E-state index is 14.1. The second-order valence-corrected chi connectivity index (χ2v) is 13.1. The Morgan fingerprint density at radius 1 is 1.03 bits per heavy atom. The summed E-state index contributed by atoms with van der Waals surface area (Å²) in [4.78, 5) is 30.3. The number of esters is 1. The lowest BCUT2D eigenvalue weighted by atomic mass is 9.81. The number of methoxy groups -OCH3 is 1. The molecule has 1 saturated heterocycles. The number of carbonyl (C=O) groups is 2. The Hall–Kier alpha value is -1.88. The lowest BCUT2D eigenvalue weighted by Gasteiger charge is -2.40. The molecule has 1 amide bonds. The minimum Gasteiger partial charge on any atom is -0.465 e. The molecule has 0 N–H and O–H groups in total. The summed E-state index contributed by atoms with van der Waals surface area (Å²) in [6.07, 6.45) is 8.83. The SMILES string of the molecule is COC(=O)c1sc(C#CC(C)(C)C)cc1N(C(=O)C1CCC(C)CC1)C1CCC(O[C@H]2CCOC2)CC1. The number of hydrogen-bond donors (Lipinski definition) is 0. The van der Waals surface area contributed by atoms with Gasteiger partial charge in [-0.05, 0) is 90.5 Å². The van der Waals surface area contributed by atoms with Crippen molar-refractivity contribution in [3.63, 3.8) is 0 Å². The van der Waals surface area contributed by atoms with E-state index in [0.717, 1.165) is 69.3 Å². The zero-order chi connectivity index (χ0) is 26.6. The first-order valence-electron chi connectivity index (χ1n) is 14.0. The van der Waals surface area contributed by atoms with E-state index in [0.29, 0.717) is 23.1 Å². The van der Waals surface area contributed by atoms with Crippen molar-refractivity contribution < 1.29 is 23.8 Å². The van der Waals surface area contributed by atoms with Crippen LogP contribution in [0.25, 0.3) is 0 Å². The number of anilines is 1. The van der Waals surface area contributed by atoms with Gasteiger partial charge in [-0.3, -0.25) is 4.79 Å². The molecule has 0 bridgehead atoms. The Labute approximate surface area is 226 Å². The summed E-state index contributed by atoms with van der Waals surface area (Å²) >= 11 is 1.33. The maximum absolute atomic E-state index is 14.1. The average Bonchev–Trinajstić information content (AvgIpc) is 3.54. The lowest BCUT2D eigenvalue weighted by molar-refractivity contribution is -0.124. The van der Waals surface area contributed by atoms with Crippen LogP contribution in [0.3, 0.4) is 0 Å². The quantitative estimate of drug-likeness (QED) is 0.324. The summed E-state index contributed by atoms with van der Waals surface area (Å²) in [6, 6.07) is 1.98. The smallest absolute Gasteiger partial charge is 0.350 e. The molecule has 3 aliphatic rings. The predicted octanol–water partition coefficient (Wildman–Crippen LogP) is 6.21. The number of carbonyl (C=O) groups excluding carboxylic acids is 2. The lowest BCUT2D eigenvalue weighted by Crippen LogP contribution is -2.47. The molecule has 1 atom stereocenters. The molecule has 0 aromatic carbocycles. The Morgan fingerprint density at radius 3 is 2.32 bits per heavy atom. The van der Waals surface area contributed by atoms with E-state index in [4.69, 9.17) is 14.2 Å². The van der Waals surface area contributed by atoms with Gasteiger partial charge in [0.25, 0.3) is 0 Å². The monoisotopic (exact) mass is 529 g/mol. The van der Waals surface area contributed by atoms with Crippen LogP contribution >= 0.6 is 11.3 Å². The van der Waals surface area contributed by atoms with E-state index in [-0.39, 0.29) is 35.5 Å². The van der Waals surface area contributed by atoms with Crippen LogP contribution in [0.15, 0.2) is 6.07 Å². The number of nitrogens with zero attached hydrogens (tertiary/aromatic N) is 1. The average molecular weight is 530 g/mol. The molecular formula is C30H43NO5S. The van der Waals surface area contributed by atoms with Crippen LogP contribution in [-0.4, -0.2) is 50.4 Å². The van der Waals surface area contributed by atoms with Crippen LogP contribution < -0.4 is 4.90 Å². The first kappa shape index (κ1) is 28.1. The van der Waals surface area contributed by atoms with E-state index in [1.54, 1.807) is 0 Å². The molecule has 204 valence electrons. The second-order valence-electron chi connectivity index (χ2n) is 12.0. The largest absolute Gasteiger partial charge is 0.465 e. The molecule has 4 rings (SSSR count). The fourth-order valence-corrected chi connectivity index (χ4v) is 6.56. The summed E-state index contributed by atoms with van der Waals surface area (Å²) in [5.41, 5.74) is 0.513. The van der Waals surface area contributed by atoms with Crippen molar-refractivity contribution in [1.82, 2.24) is 0 Å². The van der Waals surface area contributed by atoms with Crippen LogP contribution in [0.4, 0.5) is 5.69 Å². The molecule has 3 fully saturated rings. The topological polar surface area (TPSA) is 65.1 Å². The summed E-state index contributed by atoms with van der Waals surface area (Å²) in [5, 5.41) is 0. The zero-order valence-corrected chi connectivity index (χ0v) is 24.0. The molecule has 2 saturated carbocycles. The van der Waals surface area contributed by atoms with Crippen LogP contribution in [0, 0.1) is 29.1 Å². The second kappa shape index (κ2) is 12.3. The van der Waals surface area contributed by atoms with Crippen LogP contribution in [-0.2, 0) is 19.0 Å². The Bertz CT molecular complexity index is 993. The summed E-state index contributed by atoms with van der Waals surface area (Å²) in [7, 11) is 1.40. The van der Waals surface area contributed by atoms with Crippen molar-refractivity contribution >= 4 is 28.9 Å². The van der Waals surface area contributed by atoms with Crippen LogP contribution in [0.5, 0.6) is 0 Å². The highest BCUT2D eigenvalue weighted by atomic mass is 32.1. The van der Waals surface area contributed by atoms with Gasteiger partial charge in [-0.25, -0.2) is 4.79 Å². The maximum Gasteiger partial charge on any atom is 0.350 e. The third-order valence-electron chi connectivity index (χ3n) is 7.79. The fourth-order valence-electron chi connectivity index (χ4n) is 5.64. The minimum absolute atomic E-state index is 0.00434. The third kappa shape index (κ3) is 7.37. The summed E-state index contributed by atoms with van der Waals surface area (Å²) in [5.74, 6) is 6.92. The normalized spacial score (nSPS) is 28.3. The van der Waals surface area contributed by atoms with Crippen molar-refractivity contribution in [3.05, 3.63) is 15.8 Å². The number of amides is 1. The number of ether oxygens (including phenoxy) is 3. The first-order valence-corrected chi connectivity index (χ1v) is 14.8. The fraction of sp³-hybridized carbons (Fsp3) is 0.733. The van der Waals surface area contributed by atoms with Crippen molar-refractivity contribution in [2.24, 2.45) is 17.3 Å². The van der Waals surface area contributed by atoms with Crippen molar-refractivity contribution in [2.45, 2.75) is 104 Å². The van der Waals surface area contributed by atoms with Gasteiger partial charge in [0.15, 0.2) is 0 Å². The molecule has 1 aromatic rings. The summed E-state index contributed by atoms with van der Waals surface area (Å²) in [6.45, 7) is 9.91. The van der Waals surface area contributed by atoms with E-state index in [1.165, 1.54) is 18.4 Å². The highest BCUT2D eigenvalue weighted by Gasteiger charge is 2.38. The van der Waals surface area contributed by atoms with Crippen molar-refractivity contribution in [1.29, 1.82) is 0 Å². The highest BCUT2D eigenvalue weighted by molar-refractivity contribution is 7.15. The van der Waals surface area contributed by atoms with Gasteiger partial charge >= 0.3 is 5.97 Å². The van der Waals surface area contributed by atoms with E-state index < -0.39 is 5.97 Å². The van der Waals surface area contributed by atoms with Gasteiger partial charge < -0.3 is 19.1 Å². The van der Waals surface area contributed by atoms with Crippen molar-refractivity contribution in [3.8, 4) is 11.8 Å². The van der Waals surface area contributed by atoms with Gasteiger partial charge in [-0.2, -0.15) is 0 Å². The van der Waals surface area contributed by atoms with E-state index in [1.807, 2.05) is 11.0 Å². The predicted molar refractivity (Wildman–Crippen MR) is 147 cm³/mol. The van der Waals surface area contributed by atoms with Gasteiger partial charge in [0, 0.05) is 24.0 Å². The minimum atomic E-state index is -0.405. The standard InChI is InChI=1S/C30H43NO5S/c1-20-6-8-21(9-7-20)28(32)31(22-10-12-23(13-11-22)36-24-15-17-35-19-24)26-18-25(14-16-30(2,3)4)37-27(26)29(33)34-5/h18,20-24H,6-13,15,17,19H2,1-5H3/t20?,21?,22?,23?,24-/m0/s1. The number of hydrogen-bond acceptors (Lipinski definition) is 6. The Morgan fingerprint density at radius 2 is 1.73 bits per heavy atom. The van der Waals surface area contributed by atoms with Crippen LogP contribution in [0.2, 0.25) is 0 Å². The molecule has 2 aliphatic carbocycles. The van der Waals surface area contributed by atoms with Gasteiger partial charge in [0.05, 0.1) is 36.5 Å². The van der Waals surface area contributed by atoms with E-state index in [9.17, 15) is 9.59 Å². The zero-order valence-electron chi connectivity index (χ0n) is 23.1. The molecule has 0 unspecified atom stereocenters. The molecule has 1 aliphatic heterocycles. The number of rotatable bonds is 6. The van der Waals surface area contributed by atoms with E-state index in [2.05, 4.69) is 39.5 Å². The molecule has 6 nitrogen and oxygen atoms in total. The molecule has 1 aromatic heterocycles. The molecule has 0 radical (unpaired) electrons. The molecule has 2 heterocycles. The van der Waals surface area contributed by atoms with Gasteiger partial charge in [-0.1, -0.05) is 18.8 Å². The van der Waals surface area contributed by atoms with Gasteiger partial charge in [-0.15, -0.1) is 11.3 Å². The first-order chi connectivity index (χ1) is 17.6. The van der Waals surface area contributed by atoms with Crippen LogP contribution in [0.1, 0.15) is 100 Å². The highest BCUT2D eigenvalue weighted by Crippen LogP contribution is 2.39.